The van der Waals surface area contributed by atoms with Crippen LogP contribution in [-0.4, -0.2) is 9.55 Å². The lowest BCUT2D eigenvalue weighted by Gasteiger charge is -1.98. The van der Waals surface area contributed by atoms with Crippen molar-refractivity contribution < 1.29 is 0 Å². The third-order valence-electron chi connectivity index (χ3n) is 1.31. The first kappa shape index (κ1) is 9.79. The van der Waals surface area contributed by atoms with Crippen LogP contribution in [0.5, 0.6) is 0 Å². The van der Waals surface area contributed by atoms with E-state index >= 15 is 0 Å². The van der Waals surface area contributed by atoms with Crippen LogP contribution in [0.1, 0.15) is 5.82 Å². The van der Waals surface area contributed by atoms with E-state index in [0.717, 1.165) is 5.82 Å². The van der Waals surface area contributed by atoms with Crippen molar-refractivity contribution in [2.75, 3.05) is 5.73 Å². The molecule has 0 spiro atoms. The van der Waals surface area contributed by atoms with E-state index in [1.165, 1.54) is 0 Å². The lowest BCUT2D eigenvalue weighted by molar-refractivity contribution is 0.799. The van der Waals surface area contributed by atoms with Crippen molar-refractivity contribution in [3.05, 3.63) is 12.0 Å². The molecule has 0 saturated carbocycles. The van der Waals surface area contributed by atoms with Crippen molar-refractivity contribution in [2.45, 2.75) is 13.5 Å². The molecule has 1 aromatic rings. The number of hydrogen-bond donors (Lipinski definition) is 1. The number of imidazole rings is 1. The van der Waals surface area contributed by atoms with E-state index in [0.29, 0.717) is 5.82 Å². The number of rotatable bonds is 1. The maximum Gasteiger partial charge on any atom is 0.124 e. The van der Waals surface area contributed by atoms with Crippen molar-refractivity contribution in [3.8, 4) is 6.07 Å². The Morgan fingerprint density at radius 1 is 1.82 bits per heavy atom. The number of hydrogen-bond acceptors (Lipinski definition) is 3. The van der Waals surface area contributed by atoms with Crippen LogP contribution in [0.15, 0.2) is 6.20 Å². The molecule has 0 fully saturated rings. The van der Waals surface area contributed by atoms with Gasteiger partial charge >= 0.3 is 0 Å². The molecule has 1 heterocycles. The zero-order valence-corrected chi connectivity index (χ0v) is 6.93. The van der Waals surface area contributed by atoms with Gasteiger partial charge in [0.25, 0.3) is 0 Å². The summed E-state index contributed by atoms with van der Waals surface area (Å²) in [6.07, 6.45) is 1.55. The number of nitriles is 1. The summed E-state index contributed by atoms with van der Waals surface area (Å²) in [5.74, 6) is 1.32. The molecule has 0 unspecified atom stereocenters. The summed E-state index contributed by atoms with van der Waals surface area (Å²) in [6, 6.07) is 1.99. The van der Waals surface area contributed by atoms with E-state index in [1.54, 1.807) is 10.8 Å². The van der Waals surface area contributed by atoms with E-state index in [1.807, 2.05) is 13.0 Å². The van der Waals surface area contributed by atoms with Crippen LogP contribution < -0.4 is 5.73 Å². The highest BCUT2D eigenvalue weighted by atomic mass is 35.5. The van der Waals surface area contributed by atoms with Gasteiger partial charge in [-0.1, -0.05) is 0 Å². The van der Waals surface area contributed by atoms with Gasteiger partial charge in [-0.15, -0.1) is 12.4 Å². The maximum absolute atomic E-state index is 8.33. The Morgan fingerprint density at radius 3 is 2.82 bits per heavy atom. The number of nitrogens with two attached hydrogens (primary N) is 1. The second kappa shape index (κ2) is 3.84. The van der Waals surface area contributed by atoms with Crippen LogP contribution in [0, 0.1) is 18.3 Å². The van der Waals surface area contributed by atoms with Crippen molar-refractivity contribution in [1.29, 1.82) is 5.26 Å². The van der Waals surface area contributed by atoms with Gasteiger partial charge in [-0.2, -0.15) is 5.26 Å². The fraction of sp³-hybridized carbons (Fsp3) is 0.333. The zero-order valence-electron chi connectivity index (χ0n) is 6.11. The number of aromatic nitrogens is 2. The topological polar surface area (TPSA) is 67.6 Å². The average Bonchev–Trinajstić information content (AvgIpc) is 2.20. The second-order valence-corrected chi connectivity index (χ2v) is 1.97. The Morgan fingerprint density at radius 2 is 2.45 bits per heavy atom. The highest BCUT2D eigenvalue weighted by Crippen LogP contribution is 2.04. The highest BCUT2D eigenvalue weighted by molar-refractivity contribution is 5.85. The number of anilines is 1. The first-order valence-electron chi connectivity index (χ1n) is 2.90. The van der Waals surface area contributed by atoms with Crippen LogP contribution in [0.2, 0.25) is 0 Å². The van der Waals surface area contributed by atoms with Gasteiger partial charge in [0.05, 0.1) is 12.3 Å². The van der Waals surface area contributed by atoms with Gasteiger partial charge in [0.2, 0.25) is 0 Å². The quantitative estimate of drug-likeness (QED) is 0.679. The molecule has 11 heavy (non-hydrogen) atoms. The van der Waals surface area contributed by atoms with Gasteiger partial charge in [-0.05, 0) is 6.92 Å². The number of halogens is 1. The molecule has 0 aromatic carbocycles. The first-order chi connectivity index (χ1) is 4.75. The van der Waals surface area contributed by atoms with Crippen LogP contribution in [0.3, 0.4) is 0 Å². The summed E-state index contributed by atoms with van der Waals surface area (Å²) in [7, 11) is 0. The van der Waals surface area contributed by atoms with Crippen LogP contribution in [-0.2, 0) is 6.54 Å². The van der Waals surface area contributed by atoms with Gasteiger partial charge in [0.15, 0.2) is 0 Å². The first-order valence-corrected chi connectivity index (χ1v) is 2.90. The van der Waals surface area contributed by atoms with E-state index in [2.05, 4.69) is 4.98 Å². The molecule has 4 nitrogen and oxygen atoms in total. The minimum Gasteiger partial charge on any atom is -0.384 e. The minimum atomic E-state index is 0. The Balaban J connectivity index is 0.000001000. The lowest BCUT2D eigenvalue weighted by atomic mass is 10.6. The molecule has 1 aromatic heterocycles. The summed E-state index contributed by atoms with van der Waals surface area (Å²) in [5.41, 5.74) is 5.48. The summed E-state index contributed by atoms with van der Waals surface area (Å²) in [5, 5.41) is 8.33. The highest BCUT2D eigenvalue weighted by Gasteiger charge is 1.99. The lowest BCUT2D eigenvalue weighted by Crippen LogP contribution is -2.02. The van der Waals surface area contributed by atoms with Gasteiger partial charge in [0, 0.05) is 0 Å². The van der Waals surface area contributed by atoms with Gasteiger partial charge in [-0.25, -0.2) is 4.98 Å². The minimum absolute atomic E-state index is 0. The summed E-state index contributed by atoms with van der Waals surface area (Å²) in [6.45, 7) is 2.09. The summed E-state index contributed by atoms with van der Waals surface area (Å²) >= 11 is 0. The Hall–Kier alpha value is -1.21. The molecule has 0 bridgehead atoms. The molecule has 0 radical (unpaired) electrons. The van der Waals surface area contributed by atoms with Gasteiger partial charge < -0.3 is 10.3 Å². The van der Waals surface area contributed by atoms with Crippen molar-refractivity contribution in [3.63, 3.8) is 0 Å². The predicted molar refractivity (Wildman–Crippen MR) is 44.2 cm³/mol. The molecule has 60 valence electrons. The molecule has 0 aliphatic heterocycles. The van der Waals surface area contributed by atoms with Crippen LogP contribution in [0.25, 0.3) is 0 Å². The fourth-order valence-corrected chi connectivity index (χ4v) is 0.762. The molecular weight excluding hydrogens is 164 g/mol. The number of nitrogen functional groups attached to an aromatic ring is 1. The Labute approximate surface area is 71.1 Å². The normalized spacial score (nSPS) is 8.36. The maximum atomic E-state index is 8.33. The molecule has 0 atom stereocenters. The molecule has 0 saturated heterocycles. The molecule has 0 aliphatic carbocycles. The third-order valence-corrected chi connectivity index (χ3v) is 1.31. The van der Waals surface area contributed by atoms with Crippen LogP contribution >= 0.6 is 12.4 Å². The monoisotopic (exact) mass is 172 g/mol. The zero-order chi connectivity index (χ0) is 7.56. The van der Waals surface area contributed by atoms with Crippen LogP contribution in [0.4, 0.5) is 5.82 Å². The predicted octanol–water partition coefficient (Wildman–Crippen LogP) is 0.719. The fourth-order valence-electron chi connectivity index (χ4n) is 0.762. The molecule has 0 amide bonds. The van der Waals surface area contributed by atoms with E-state index < -0.39 is 0 Å². The average molecular weight is 173 g/mol. The van der Waals surface area contributed by atoms with Gasteiger partial charge in [-0.3, -0.25) is 0 Å². The summed E-state index contributed by atoms with van der Waals surface area (Å²) in [4.78, 5) is 3.92. The standard InChI is InChI=1S/C6H8N4.ClH/c1-5-9-4-6(8)10(5)3-2-7;/h4H,3,8H2,1H3;1H. The largest absolute Gasteiger partial charge is 0.384 e. The number of aryl methyl sites for hydroxylation is 1. The third kappa shape index (κ3) is 1.85. The van der Waals surface area contributed by atoms with Crippen molar-refractivity contribution in [1.82, 2.24) is 9.55 Å². The van der Waals surface area contributed by atoms with Crippen molar-refractivity contribution in [2.24, 2.45) is 0 Å². The molecule has 2 N–H and O–H groups in total. The summed E-state index contributed by atoms with van der Waals surface area (Å²) < 4.78 is 1.65. The molecule has 5 heteroatoms. The van der Waals surface area contributed by atoms with E-state index in [9.17, 15) is 0 Å². The number of nitrogens with zero attached hydrogens (tertiary/aromatic N) is 3. The smallest absolute Gasteiger partial charge is 0.124 e. The Bertz CT molecular complexity index is 253. The van der Waals surface area contributed by atoms with Crippen molar-refractivity contribution >= 4 is 18.2 Å². The van der Waals surface area contributed by atoms with Gasteiger partial charge in [0.1, 0.15) is 18.2 Å². The molecular formula is C6H9ClN4. The van der Waals surface area contributed by atoms with E-state index in [4.69, 9.17) is 11.0 Å². The SMILES string of the molecule is Cc1ncc(N)n1CC#N.Cl. The molecule has 0 aliphatic rings. The second-order valence-electron chi connectivity index (χ2n) is 1.97. The van der Waals surface area contributed by atoms with E-state index in [-0.39, 0.29) is 19.0 Å². The molecule has 1 rings (SSSR count). The Kier molecular flexibility index (Phi) is 3.42.